The predicted octanol–water partition coefficient (Wildman–Crippen LogP) is 1.51. The van der Waals surface area contributed by atoms with Crippen LogP contribution in [0.25, 0.3) is 0 Å². The van der Waals surface area contributed by atoms with Gasteiger partial charge in [-0.1, -0.05) is 41.9 Å². The molecule has 12 nitrogen and oxygen atoms in total. The summed E-state index contributed by atoms with van der Waals surface area (Å²) in [6, 6.07) is 10.8. The van der Waals surface area contributed by atoms with Gasteiger partial charge in [0.05, 0.1) is 11.1 Å². The maximum Gasteiger partial charge on any atom is 0.323 e. The molecule has 0 aliphatic rings. The average Bonchev–Trinajstić information content (AvgIpc) is 2.87. The highest BCUT2D eigenvalue weighted by Crippen LogP contribution is 2.21. The molecule has 220 valence electrons. The number of benzene rings is 2. The Morgan fingerprint density at radius 1 is 1.07 bits per heavy atom. The molecule has 0 saturated carbocycles. The predicted molar refractivity (Wildman–Crippen MR) is 150 cm³/mol. The van der Waals surface area contributed by atoms with Gasteiger partial charge in [-0.05, 0) is 49.9 Å². The number of carbonyl (C=O) groups excluding carboxylic acids is 2. The smallest absolute Gasteiger partial charge is 0.323 e. The van der Waals surface area contributed by atoms with Crippen LogP contribution in [0.2, 0.25) is 5.02 Å². The minimum Gasteiger partial charge on any atom is -0.480 e. The van der Waals surface area contributed by atoms with Gasteiger partial charge in [0.1, 0.15) is 17.5 Å². The monoisotopic (exact) mass is 618 g/mol. The normalized spacial score (nSPS) is 12.5. The number of carboxylic acid groups (broad SMARTS) is 2. The van der Waals surface area contributed by atoms with Crippen molar-refractivity contribution < 1.29 is 37.8 Å². The standard InChI is InChI=1S/C25H31ClN4O8S.ClH/c1-16(29-20(25(35)36)11-8-17-6-3-2-4-7-17)24(34)30(15-22(31)32)13-5-12-28-23(33)18-9-10-19(26)21(14-18)39(27,37)38;/h2-4,6-7,9-10,14,16,20,29H,5,8,11-13,15H2,1H3,(H,28,33)(H,31,32)(H,35,36)(H2,27,37,38);1H/t16-,20-;/m0./s1. The van der Waals surface area contributed by atoms with Crippen LogP contribution >= 0.6 is 24.0 Å². The number of rotatable bonds is 15. The molecule has 0 aromatic heterocycles. The number of nitrogens with one attached hydrogen (secondary N) is 2. The summed E-state index contributed by atoms with van der Waals surface area (Å²) >= 11 is 5.82. The number of nitrogens with two attached hydrogens (primary N) is 1. The highest BCUT2D eigenvalue weighted by Gasteiger charge is 2.27. The van der Waals surface area contributed by atoms with Crippen molar-refractivity contribution in [3.63, 3.8) is 0 Å². The van der Waals surface area contributed by atoms with Crippen LogP contribution in [0.1, 0.15) is 35.7 Å². The Balaban J connectivity index is 0.00000800. The molecular formula is C25H32Cl2N4O8S. The lowest BCUT2D eigenvalue weighted by Gasteiger charge is -2.27. The largest absolute Gasteiger partial charge is 0.480 e. The molecule has 15 heteroatoms. The van der Waals surface area contributed by atoms with E-state index in [1.54, 1.807) is 0 Å². The molecule has 0 fully saturated rings. The van der Waals surface area contributed by atoms with Crippen LogP contribution in [0.3, 0.4) is 0 Å². The van der Waals surface area contributed by atoms with Crippen molar-refractivity contribution in [1.82, 2.24) is 15.5 Å². The third-order valence-corrected chi connectivity index (χ3v) is 7.10. The first-order valence-corrected chi connectivity index (χ1v) is 13.9. The van der Waals surface area contributed by atoms with E-state index in [4.69, 9.17) is 16.7 Å². The van der Waals surface area contributed by atoms with Gasteiger partial charge in [0.2, 0.25) is 15.9 Å². The molecule has 2 aromatic carbocycles. The summed E-state index contributed by atoms with van der Waals surface area (Å²) in [7, 11) is -4.14. The highest BCUT2D eigenvalue weighted by molar-refractivity contribution is 7.89. The first-order chi connectivity index (χ1) is 18.3. The maximum absolute atomic E-state index is 13.0. The minimum atomic E-state index is -4.14. The van der Waals surface area contributed by atoms with Gasteiger partial charge in [-0.2, -0.15) is 0 Å². The van der Waals surface area contributed by atoms with Crippen molar-refractivity contribution >= 4 is 57.8 Å². The van der Waals surface area contributed by atoms with E-state index >= 15 is 0 Å². The van der Waals surface area contributed by atoms with E-state index < -0.39 is 57.3 Å². The molecule has 2 aromatic rings. The van der Waals surface area contributed by atoms with Gasteiger partial charge in [0.15, 0.2) is 0 Å². The topological polar surface area (TPSA) is 196 Å². The van der Waals surface area contributed by atoms with E-state index in [0.717, 1.165) is 16.5 Å². The van der Waals surface area contributed by atoms with E-state index in [1.807, 2.05) is 30.3 Å². The molecule has 0 unspecified atom stereocenters. The second kappa shape index (κ2) is 16.1. The number of primary sulfonamides is 1. The highest BCUT2D eigenvalue weighted by atomic mass is 35.5. The lowest BCUT2D eigenvalue weighted by molar-refractivity contribution is -0.146. The summed E-state index contributed by atoms with van der Waals surface area (Å²) in [4.78, 5) is 49.1. The Labute approximate surface area is 243 Å². The number of carboxylic acids is 2. The second-order valence-electron chi connectivity index (χ2n) is 8.76. The van der Waals surface area contributed by atoms with Crippen LogP contribution in [0.4, 0.5) is 0 Å². The molecule has 2 amide bonds. The summed E-state index contributed by atoms with van der Waals surface area (Å²) in [5.74, 6) is -3.61. The van der Waals surface area contributed by atoms with Gasteiger partial charge in [-0.15, -0.1) is 12.4 Å². The maximum atomic E-state index is 13.0. The fourth-order valence-corrected chi connectivity index (χ4v) is 4.82. The molecule has 0 heterocycles. The zero-order chi connectivity index (χ0) is 29.2. The number of amides is 2. The number of halogens is 2. The third kappa shape index (κ3) is 11.1. The molecule has 0 saturated heterocycles. The first-order valence-electron chi connectivity index (χ1n) is 11.9. The van der Waals surface area contributed by atoms with Crippen LogP contribution < -0.4 is 15.8 Å². The van der Waals surface area contributed by atoms with E-state index in [2.05, 4.69) is 10.6 Å². The molecule has 2 rings (SSSR count). The molecule has 2 atom stereocenters. The Bertz CT molecular complexity index is 1290. The van der Waals surface area contributed by atoms with Crippen LogP contribution in [0.5, 0.6) is 0 Å². The van der Waals surface area contributed by atoms with Gasteiger partial charge in [0, 0.05) is 18.7 Å². The lowest BCUT2D eigenvalue weighted by Crippen LogP contribution is -2.52. The van der Waals surface area contributed by atoms with E-state index in [-0.39, 0.29) is 48.9 Å². The van der Waals surface area contributed by atoms with Crippen molar-refractivity contribution in [1.29, 1.82) is 0 Å². The second-order valence-corrected chi connectivity index (χ2v) is 10.7. The quantitative estimate of drug-likeness (QED) is 0.184. The molecule has 0 radical (unpaired) electrons. The van der Waals surface area contributed by atoms with Crippen LogP contribution in [0.15, 0.2) is 53.4 Å². The number of nitrogens with zero attached hydrogens (tertiary/aromatic N) is 1. The zero-order valence-corrected chi connectivity index (χ0v) is 24.0. The van der Waals surface area contributed by atoms with Crippen LogP contribution in [-0.4, -0.2) is 79.0 Å². The number of aliphatic carboxylic acids is 2. The van der Waals surface area contributed by atoms with Crippen LogP contribution in [0, 0.1) is 0 Å². The fraction of sp³-hybridized carbons (Fsp3) is 0.360. The van der Waals surface area contributed by atoms with Gasteiger partial charge < -0.3 is 20.4 Å². The third-order valence-electron chi connectivity index (χ3n) is 5.71. The van der Waals surface area contributed by atoms with E-state index in [1.165, 1.54) is 19.1 Å². The Kier molecular flexibility index (Phi) is 14.0. The average molecular weight is 620 g/mol. The number of aryl methyl sites for hydroxylation is 1. The number of sulfonamides is 1. The van der Waals surface area contributed by atoms with E-state index in [9.17, 15) is 37.8 Å². The molecule has 40 heavy (non-hydrogen) atoms. The minimum absolute atomic E-state index is 0. The van der Waals surface area contributed by atoms with Crippen molar-refractivity contribution in [3.05, 3.63) is 64.7 Å². The molecule has 0 aliphatic carbocycles. The summed E-state index contributed by atoms with van der Waals surface area (Å²) in [5, 5.41) is 29.1. The van der Waals surface area contributed by atoms with Gasteiger partial charge in [0.25, 0.3) is 5.91 Å². The number of hydrogen-bond donors (Lipinski definition) is 5. The molecular weight excluding hydrogens is 587 g/mol. The number of hydrogen-bond acceptors (Lipinski definition) is 7. The van der Waals surface area contributed by atoms with Crippen LogP contribution in [-0.2, 0) is 30.8 Å². The summed E-state index contributed by atoms with van der Waals surface area (Å²) in [5.41, 5.74) is 0.938. The summed E-state index contributed by atoms with van der Waals surface area (Å²) in [6.45, 7) is 0.838. The zero-order valence-electron chi connectivity index (χ0n) is 21.6. The van der Waals surface area contributed by atoms with Gasteiger partial charge >= 0.3 is 11.9 Å². The van der Waals surface area contributed by atoms with Crippen molar-refractivity contribution in [2.45, 2.75) is 43.2 Å². The van der Waals surface area contributed by atoms with Crippen molar-refractivity contribution in [2.75, 3.05) is 19.6 Å². The van der Waals surface area contributed by atoms with E-state index in [0.29, 0.717) is 6.42 Å². The SMILES string of the molecule is C[C@H](N[C@@H](CCc1ccccc1)C(=O)O)C(=O)N(CCCNC(=O)c1ccc(Cl)c(S(N)(=O)=O)c1)CC(=O)O.Cl. The fourth-order valence-electron chi connectivity index (χ4n) is 3.75. The van der Waals surface area contributed by atoms with Gasteiger partial charge in [-0.3, -0.25) is 24.5 Å². The Morgan fingerprint density at radius 2 is 1.73 bits per heavy atom. The lowest BCUT2D eigenvalue weighted by atomic mass is 10.0. The molecule has 6 N–H and O–H groups in total. The summed E-state index contributed by atoms with van der Waals surface area (Å²) in [6.07, 6.45) is 0.861. The molecule has 0 aliphatic heterocycles. The summed E-state index contributed by atoms with van der Waals surface area (Å²) < 4.78 is 23.2. The molecule has 0 bridgehead atoms. The Morgan fingerprint density at radius 3 is 2.30 bits per heavy atom. The van der Waals surface area contributed by atoms with Crippen molar-refractivity contribution in [3.8, 4) is 0 Å². The number of carbonyl (C=O) groups is 4. The first kappa shape index (κ1) is 34.8. The van der Waals surface area contributed by atoms with Crippen molar-refractivity contribution in [2.24, 2.45) is 5.14 Å². The van der Waals surface area contributed by atoms with Gasteiger partial charge in [-0.25, -0.2) is 13.6 Å². The molecule has 0 spiro atoms. The Hall–Kier alpha value is -3.23.